The van der Waals surface area contributed by atoms with Gasteiger partial charge < -0.3 is 9.94 Å². The predicted molar refractivity (Wildman–Crippen MR) is 69.0 cm³/mol. The SMILES string of the molecule is COc1ccc(N2C(=O)[C@@H](C)[C@H]2/C=[N+](/C)[O-])cc1. The first-order chi connectivity index (χ1) is 8.54. The highest BCUT2D eigenvalue weighted by molar-refractivity contribution is 6.08. The van der Waals surface area contributed by atoms with Gasteiger partial charge in [-0.25, -0.2) is 4.74 Å². The molecule has 96 valence electrons. The van der Waals surface area contributed by atoms with Gasteiger partial charge in [-0.1, -0.05) is 6.92 Å². The van der Waals surface area contributed by atoms with Crippen molar-refractivity contribution < 1.29 is 14.3 Å². The molecule has 0 radical (unpaired) electrons. The van der Waals surface area contributed by atoms with E-state index in [1.165, 1.54) is 13.3 Å². The van der Waals surface area contributed by atoms with Gasteiger partial charge in [-0.3, -0.25) is 9.69 Å². The van der Waals surface area contributed by atoms with E-state index >= 15 is 0 Å². The average molecular weight is 248 g/mol. The first kappa shape index (κ1) is 12.4. The van der Waals surface area contributed by atoms with Crippen molar-refractivity contribution in [2.24, 2.45) is 5.92 Å². The number of β-lactam (4-membered cyclic amide) rings is 1. The average Bonchev–Trinajstić information content (AvgIpc) is 2.38. The van der Waals surface area contributed by atoms with Crippen LogP contribution in [0.15, 0.2) is 24.3 Å². The Morgan fingerprint density at radius 1 is 1.39 bits per heavy atom. The minimum atomic E-state index is -0.173. The lowest BCUT2D eigenvalue weighted by atomic mass is 9.89. The fraction of sp³-hybridized carbons (Fsp3) is 0.385. The number of amides is 1. The lowest BCUT2D eigenvalue weighted by Gasteiger charge is -2.42. The Morgan fingerprint density at radius 3 is 2.50 bits per heavy atom. The zero-order valence-corrected chi connectivity index (χ0v) is 10.7. The number of hydrogen-bond acceptors (Lipinski definition) is 3. The van der Waals surface area contributed by atoms with E-state index in [9.17, 15) is 10.0 Å². The molecule has 1 heterocycles. The summed E-state index contributed by atoms with van der Waals surface area (Å²) in [4.78, 5) is 13.5. The molecule has 5 nitrogen and oxygen atoms in total. The van der Waals surface area contributed by atoms with E-state index < -0.39 is 0 Å². The number of hydrogen-bond donors (Lipinski definition) is 0. The molecular weight excluding hydrogens is 232 g/mol. The van der Waals surface area contributed by atoms with Crippen LogP contribution in [-0.4, -0.2) is 37.1 Å². The lowest BCUT2D eigenvalue weighted by molar-refractivity contribution is -0.419. The van der Waals surface area contributed by atoms with Crippen molar-refractivity contribution >= 4 is 17.8 Å². The molecule has 0 aromatic heterocycles. The highest BCUT2D eigenvalue weighted by Gasteiger charge is 2.46. The van der Waals surface area contributed by atoms with Crippen LogP contribution in [-0.2, 0) is 4.79 Å². The topological polar surface area (TPSA) is 55.6 Å². The minimum absolute atomic E-state index is 0.0308. The predicted octanol–water partition coefficient (Wildman–Crippen LogP) is 1.26. The summed E-state index contributed by atoms with van der Waals surface area (Å²) >= 11 is 0. The number of carbonyl (C=O) groups excluding carboxylic acids is 1. The minimum Gasteiger partial charge on any atom is -0.624 e. The Labute approximate surface area is 106 Å². The molecule has 1 saturated heterocycles. The van der Waals surface area contributed by atoms with Crippen molar-refractivity contribution in [2.45, 2.75) is 13.0 Å². The maximum absolute atomic E-state index is 11.9. The Bertz CT molecular complexity index is 478. The first-order valence-electron chi connectivity index (χ1n) is 5.76. The Kier molecular flexibility index (Phi) is 3.23. The van der Waals surface area contributed by atoms with Crippen LogP contribution >= 0.6 is 0 Å². The highest BCUT2D eigenvalue weighted by atomic mass is 16.5. The fourth-order valence-electron chi connectivity index (χ4n) is 2.11. The van der Waals surface area contributed by atoms with Crippen LogP contribution in [0.2, 0.25) is 0 Å². The molecule has 2 atom stereocenters. The summed E-state index contributed by atoms with van der Waals surface area (Å²) in [6, 6.07) is 7.05. The summed E-state index contributed by atoms with van der Waals surface area (Å²) in [7, 11) is 3.01. The number of carbonyl (C=O) groups is 1. The third-order valence-corrected chi connectivity index (χ3v) is 3.15. The molecule has 0 aliphatic carbocycles. The Hall–Kier alpha value is -2.04. The van der Waals surface area contributed by atoms with Crippen molar-refractivity contribution in [1.29, 1.82) is 0 Å². The van der Waals surface area contributed by atoms with Crippen LogP contribution in [0.25, 0.3) is 0 Å². The van der Waals surface area contributed by atoms with Gasteiger partial charge in [0, 0.05) is 5.69 Å². The number of methoxy groups -OCH3 is 1. The number of hydroxylamine groups is 1. The van der Waals surface area contributed by atoms with Crippen LogP contribution in [0.5, 0.6) is 5.75 Å². The molecule has 0 unspecified atom stereocenters. The summed E-state index contributed by atoms with van der Waals surface area (Å²) in [5, 5.41) is 11.1. The number of anilines is 1. The number of ether oxygens (including phenoxy) is 1. The second-order valence-electron chi connectivity index (χ2n) is 4.38. The second-order valence-corrected chi connectivity index (χ2v) is 4.38. The first-order valence-corrected chi connectivity index (χ1v) is 5.76. The van der Waals surface area contributed by atoms with Crippen molar-refractivity contribution in [1.82, 2.24) is 0 Å². The summed E-state index contributed by atoms with van der Waals surface area (Å²) in [6.07, 6.45) is 1.51. The zero-order valence-electron chi connectivity index (χ0n) is 10.7. The van der Waals surface area contributed by atoms with Crippen LogP contribution in [0, 0.1) is 11.1 Å². The van der Waals surface area contributed by atoms with Gasteiger partial charge in [-0.2, -0.15) is 0 Å². The van der Waals surface area contributed by atoms with Crippen molar-refractivity contribution in [3.8, 4) is 5.75 Å². The van der Waals surface area contributed by atoms with E-state index in [1.54, 1.807) is 24.1 Å². The Morgan fingerprint density at radius 2 is 2.00 bits per heavy atom. The third kappa shape index (κ3) is 2.03. The Balaban J connectivity index is 2.25. The largest absolute Gasteiger partial charge is 0.624 e. The molecule has 0 saturated carbocycles. The van der Waals surface area contributed by atoms with Crippen LogP contribution < -0.4 is 9.64 Å². The summed E-state index contributed by atoms with van der Waals surface area (Å²) in [5.41, 5.74) is 0.780. The smallest absolute Gasteiger partial charge is 0.233 e. The number of nitrogens with zero attached hydrogens (tertiary/aromatic N) is 2. The monoisotopic (exact) mass is 248 g/mol. The molecule has 2 rings (SSSR count). The molecule has 0 bridgehead atoms. The van der Waals surface area contributed by atoms with E-state index in [-0.39, 0.29) is 17.9 Å². The van der Waals surface area contributed by atoms with Gasteiger partial charge in [0.2, 0.25) is 5.91 Å². The van der Waals surface area contributed by atoms with Gasteiger partial charge in [-0.05, 0) is 24.3 Å². The maximum Gasteiger partial charge on any atom is 0.233 e. The molecule has 0 N–H and O–H groups in total. The van der Waals surface area contributed by atoms with Crippen molar-refractivity contribution in [2.75, 3.05) is 19.1 Å². The van der Waals surface area contributed by atoms with Gasteiger partial charge in [0.1, 0.15) is 18.8 Å². The molecule has 1 aliphatic rings. The molecule has 5 heteroatoms. The van der Waals surface area contributed by atoms with Gasteiger partial charge >= 0.3 is 0 Å². The maximum atomic E-state index is 11.9. The fourth-order valence-corrected chi connectivity index (χ4v) is 2.11. The molecule has 1 amide bonds. The van der Waals surface area contributed by atoms with E-state index in [0.717, 1.165) is 16.2 Å². The van der Waals surface area contributed by atoms with E-state index in [1.807, 2.05) is 19.1 Å². The summed E-state index contributed by atoms with van der Waals surface area (Å²) in [6.45, 7) is 1.83. The van der Waals surface area contributed by atoms with Crippen LogP contribution in [0.1, 0.15) is 6.92 Å². The normalized spacial score (nSPS) is 23.8. The van der Waals surface area contributed by atoms with Crippen LogP contribution in [0.4, 0.5) is 5.69 Å². The van der Waals surface area contributed by atoms with Crippen molar-refractivity contribution in [3.63, 3.8) is 0 Å². The molecule has 1 aliphatic heterocycles. The van der Waals surface area contributed by atoms with Gasteiger partial charge in [-0.15, -0.1) is 0 Å². The zero-order chi connectivity index (χ0) is 13.3. The molecule has 18 heavy (non-hydrogen) atoms. The lowest BCUT2D eigenvalue weighted by Crippen LogP contribution is -2.61. The van der Waals surface area contributed by atoms with Crippen molar-refractivity contribution in [3.05, 3.63) is 29.5 Å². The van der Waals surface area contributed by atoms with E-state index in [2.05, 4.69) is 0 Å². The molecular formula is C13H16N2O3. The molecule has 1 fully saturated rings. The molecule has 1 aromatic rings. The van der Waals surface area contributed by atoms with E-state index in [0.29, 0.717) is 0 Å². The van der Waals surface area contributed by atoms with Gasteiger partial charge in [0.15, 0.2) is 6.21 Å². The number of benzene rings is 1. The van der Waals surface area contributed by atoms with Crippen LogP contribution in [0.3, 0.4) is 0 Å². The third-order valence-electron chi connectivity index (χ3n) is 3.15. The van der Waals surface area contributed by atoms with Gasteiger partial charge in [0.05, 0.1) is 13.0 Å². The quantitative estimate of drug-likeness (QED) is 0.266. The number of rotatable bonds is 3. The second kappa shape index (κ2) is 4.68. The van der Waals surface area contributed by atoms with Gasteiger partial charge in [0.25, 0.3) is 0 Å². The summed E-state index contributed by atoms with van der Waals surface area (Å²) < 4.78 is 5.81. The highest BCUT2D eigenvalue weighted by Crippen LogP contribution is 2.32. The molecule has 0 spiro atoms. The molecule has 1 aromatic carbocycles. The summed E-state index contributed by atoms with van der Waals surface area (Å²) in [5.74, 6) is 0.619. The van der Waals surface area contributed by atoms with E-state index in [4.69, 9.17) is 4.74 Å². The standard InChI is InChI=1S/C13H16N2O3/c1-9-12(8-14(2)17)15(13(9)16)10-4-6-11(18-3)7-5-10/h4-9,12H,1-3H3/b14-8-/t9-,12+/m0/s1.